The van der Waals surface area contributed by atoms with Crippen LogP contribution < -0.4 is 10.1 Å². The van der Waals surface area contributed by atoms with Crippen molar-refractivity contribution in [3.8, 4) is 5.75 Å². The number of fused-ring (bicyclic) bond motifs is 1. The third kappa shape index (κ3) is 2.77. The number of hydrogen-bond acceptors (Lipinski definition) is 3. The first-order valence-electron chi connectivity index (χ1n) is 7.78. The molecule has 1 aliphatic heterocycles. The Labute approximate surface area is 125 Å². The second-order valence-electron chi connectivity index (χ2n) is 6.53. The van der Waals surface area contributed by atoms with Gasteiger partial charge in [0.1, 0.15) is 18.3 Å². The maximum Gasteiger partial charge on any atom is 0.231 e. The maximum atomic E-state index is 12.6. The second kappa shape index (κ2) is 5.68. The van der Waals surface area contributed by atoms with E-state index in [0.29, 0.717) is 12.5 Å². The zero-order valence-electron chi connectivity index (χ0n) is 12.5. The molecule has 3 unspecified atom stereocenters. The highest BCUT2D eigenvalue weighted by Crippen LogP contribution is 2.36. The number of para-hydroxylation sites is 1. The minimum Gasteiger partial charge on any atom is -0.492 e. The summed E-state index contributed by atoms with van der Waals surface area (Å²) in [6.45, 7) is 2.59. The molecule has 1 aromatic rings. The Bertz CT molecular complexity index is 531. The molecule has 4 heteroatoms. The van der Waals surface area contributed by atoms with Gasteiger partial charge in [0, 0.05) is 5.56 Å². The van der Waals surface area contributed by atoms with Crippen LogP contribution in [0.3, 0.4) is 0 Å². The summed E-state index contributed by atoms with van der Waals surface area (Å²) in [6.07, 6.45) is 3.94. The SMILES string of the molecule is CC1CCCC(CO)(NC(=O)C2COc3ccccc32)C1. The van der Waals surface area contributed by atoms with Crippen LogP contribution in [0.15, 0.2) is 24.3 Å². The van der Waals surface area contributed by atoms with Gasteiger partial charge in [0.15, 0.2) is 0 Å². The van der Waals surface area contributed by atoms with Gasteiger partial charge in [0.25, 0.3) is 0 Å². The van der Waals surface area contributed by atoms with E-state index < -0.39 is 5.54 Å². The van der Waals surface area contributed by atoms with Crippen LogP contribution in [0.5, 0.6) is 5.75 Å². The van der Waals surface area contributed by atoms with Crippen molar-refractivity contribution in [2.45, 2.75) is 44.1 Å². The number of aliphatic hydroxyl groups is 1. The largest absolute Gasteiger partial charge is 0.492 e. The van der Waals surface area contributed by atoms with Crippen LogP contribution in [-0.4, -0.2) is 29.8 Å². The number of rotatable bonds is 3. The third-order valence-corrected chi connectivity index (χ3v) is 4.80. The first-order valence-corrected chi connectivity index (χ1v) is 7.78. The molecule has 21 heavy (non-hydrogen) atoms. The highest BCUT2D eigenvalue weighted by molar-refractivity contribution is 5.86. The van der Waals surface area contributed by atoms with Gasteiger partial charge in [0.05, 0.1) is 12.1 Å². The van der Waals surface area contributed by atoms with Gasteiger partial charge >= 0.3 is 0 Å². The number of carbonyl (C=O) groups is 1. The Kier molecular flexibility index (Phi) is 3.89. The van der Waals surface area contributed by atoms with Crippen molar-refractivity contribution in [2.75, 3.05) is 13.2 Å². The lowest BCUT2D eigenvalue weighted by Crippen LogP contribution is -2.55. The van der Waals surface area contributed by atoms with Crippen LogP contribution in [0.1, 0.15) is 44.1 Å². The Morgan fingerprint density at radius 2 is 2.29 bits per heavy atom. The maximum absolute atomic E-state index is 12.6. The van der Waals surface area contributed by atoms with Crippen molar-refractivity contribution >= 4 is 5.91 Å². The molecule has 4 nitrogen and oxygen atoms in total. The molecule has 0 spiro atoms. The average molecular weight is 289 g/mol. The quantitative estimate of drug-likeness (QED) is 0.897. The molecule has 1 amide bonds. The summed E-state index contributed by atoms with van der Waals surface area (Å²) < 4.78 is 5.59. The highest BCUT2D eigenvalue weighted by Gasteiger charge is 2.39. The summed E-state index contributed by atoms with van der Waals surface area (Å²) >= 11 is 0. The molecule has 0 bridgehead atoms. The van der Waals surface area contributed by atoms with Crippen molar-refractivity contribution in [2.24, 2.45) is 5.92 Å². The molecule has 3 atom stereocenters. The number of ether oxygens (including phenoxy) is 1. The minimum atomic E-state index is -0.452. The van der Waals surface area contributed by atoms with Crippen LogP contribution in [0, 0.1) is 5.92 Å². The van der Waals surface area contributed by atoms with Gasteiger partial charge in [-0.1, -0.05) is 38.0 Å². The Morgan fingerprint density at radius 1 is 1.48 bits per heavy atom. The van der Waals surface area contributed by atoms with E-state index in [4.69, 9.17) is 4.74 Å². The van der Waals surface area contributed by atoms with Crippen LogP contribution in [-0.2, 0) is 4.79 Å². The van der Waals surface area contributed by atoms with Crippen molar-refractivity contribution in [3.05, 3.63) is 29.8 Å². The number of amides is 1. The molecule has 0 saturated heterocycles. The monoisotopic (exact) mass is 289 g/mol. The number of carbonyl (C=O) groups excluding carboxylic acids is 1. The number of hydrogen-bond donors (Lipinski definition) is 2. The van der Waals surface area contributed by atoms with Crippen molar-refractivity contribution < 1.29 is 14.6 Å². The molecule has 0 radical (unpaired) electrons. The van der Waals surface area contributed by atoms with Gasteiger partial charge in [-0.05, 0) is 24.8 Å². The summed E-state index contributed by atoms with van der Waals surface area (Å²) in [7, 11) is 0. The Morgan fingerprint density at radius 3 is 3.05 bits per heavy atom. The van der Waals surface area contributed by atoms with E-state index in [0.717, 1.165) is 30.6 Å². The molecule has 0 aromatic heterocycles. The fourth-order valence-corrected chi connectivity index (χ4v) is 3.68. The zero-order valence-corrected chi connectivity index (χ0v) is 12.5. The number of aliphatic hydroxyl groups excluding tert-OH is 1. The van der Waals surface area contributed by atoms with Gasteiger partial charge in [-0.25, -0.2) is 0 Å². The van der Waals surface area contributed by atoms with E-state index in [-0.39, 0.29) is 18.4 Å². The van der Waals surface area contributed by atoms with E-state index in [1.807, 2.05) is 24.3 Å². The standard InChI is InChI=1S/C17H23NO3/c1-12-5-4-8-17(9-12,11-19)18-16(20)14-10-21-15-7-3-2-6-13(14)15/h2-3,6-7,12,14,19H,4-5,8-11H2,1H3,(H,18,20). The molecule has 1 aromatic carbocycles. The zero-order chi connectivity index (χ0) is 14.9. The second-order valence-corrected chi connectivity index (χ2v) is 6.53. The lowest BCUT2D eigenvalue weighted by Gasteiger charge is -2.40. The third-order valence-electron chi connectivity index (χ3n) is 4.80. The normalized spacial score (nSPS) is 31.3. The molecule has 1 saturated carbocycles. The lowest BCUT2D eigenvalue weighted by molar-refractivity contribution is -0.126. The number of nitrogens with one attached hydrogen (secondary N) is 1. The number of benzene rings is 1. The van der Waals surface area contributed by atoms with E-state index in [1.54, 1.807) is 0 Å². The molecular weight excluding hydrogens is 266 g/mol. The van der Waals surface area contributed by atoms with Crippen LogP contribution in [0.2, 0.25) is 0 Å². The van der Waals surface area contributed by atoms with E-state index >= 15 is 0 Å². The smallest absolute Gasteiger partial charge is 0.231 e. The fraction of sp³-hybridized carbons (Fsp3) is 0.588. The summed E-state index contributed by atoms with van der Waals surface area (Å²) in [5, 5.41) is 12.9. The van der Waals surface area contributed by atoms with Crippen molar-refractivity contribution in [1.82, 2.24) is 5.32 Å². The van der Waals surface area contributed by atoms with Gasteiger partial charge in [0.2, 0.25) is 5.91 Å². The Balaban J connectivity index is 1.74. The van der Waals surface area contributed by atoms with Crippen LogP contribution in [0.25, 0.3) is 0 Å². The Hall–Kier alpha value is -1.55. The predicted molar refractivity (Wildman–Crippen MR) is 80.3 cm³/mol. The van der Waals surface area contributed by atoms with Gasteiger partial charge < -0.3 is 15.2 Å². The van der Waals surface area contributed by atoms with E-state index in [2.05, 4.69) is 12.2 Å². The molecule has 2 N–H and O–H groups in total. The van der Waals surface area contributed by atoms with E-state index in [1.165, 1.54) is 6.42 Å². The molecule has 114 valence electrons. The predicted octanol–water partition coefficient (Wildman–Crippen LogP) is 2.22. The van der Waals surface area contributed by atoms with Crippen LogP contribution in [0.4, 0.5) is 0 Å². The van der Waals surface area contributed by atoms with E-state index in [9.17, 15) is 9.90 Å². The highest BCUT2D eigenvalue weighted by atomic mass is 16.5. The average Bonchev–Trinajstić information content (AvgIpc) is 2.91. The summed E-state index contributed by atoms with van der Waals surface area (Å²) in [6, 6.07) is 7.68. The van der Waals surface area contributed by atoms with Gasteiger partial charge in [-0.3, -0.25) is 4.79 Å². The van der Waals surface area contributed by atoms with Crippen molar-refractivity contribution in [1.29, 1.82) is 0 Å². The lowest BCUT2D eigenvalue weighted by atomic mass is 9.76. The summed E-state index contributed by atoms with van der Waals surface area (Å²) in [5.41, 5.74) is 0.499. The van der Waals surface area contributed by atoms with Gasteiger partial charge in [-0.15, -0.1) is 0 Å². The van der Waals surface area contributed by atoms with Gasteiger partial charge in [-0.2, -0.15) is 0 Å². The molecule has 1 fully saturated rings. The molecule has 3 rings (SSSR count). The fourth-order valence-electron chi connectivity index (χ4n) is 3.68. The molecule has 1 heterocycles. The van der Waals surface area contributed by atoms with Crippen molar-refractivity contribution in [3.63, 3.8) is 0 Å². The minimum absolute atomic E-state index is 0.0122. The molecular formula is C17H23NO3. The molecule has 2 aliphatic rings. The summed E-state index contributed by atoms with van der Waals surface area (Å²) in [5.74, 6) is 1.05. The summed E-state index contributed by atoms with van der Waals surface area (Å²) in [4.78, 5) is 12.6. The van der Waals surface area contributed by atoms with Crippen LogP contribution >= 0.6 is 0 Å². The topological polar surface area (TPSA) is 58.6 Å². The first kappa shape index (κ1) is 14.4. The first-order chi connectivity index (χ1) is 10.1. The molecule has 1 aliphatic carbocycles.